The van der Waals surface area contributed by atoms with Gasteiger partial charge < -0.3 is 19.8 Å². The number of phosphoric ester groups is 1. The first kappa shape index (κ1) is 54.0. The molecule has 0 radical (unpaired) electrons. The van der Waals surface area contributed by atoms with Crippen LogP contribution in [0.4, 0.5) is 0 Å². The summed E-state index contributed by atoms with van der Waals surface area (Å²) in [6, 6.07) is -0.855. The Labute approximate surface area is 341 Å². The summed E-state index contributed by atoms with van der Waals surface area (Å²) < 4.78 is 23.1. The smallest absolute Gasteiger partial charge is 0.387 e. The van der Waals surface area contributed by atoms with Gasteiger partial charge in [0.25, 0.3) is 0 Å². The topological polar surface area (TPSA) is 105 Å². The van der Waals surface area contributed by atoms with E-state index in [-0.39, 0.29) is 19.1 Å². The number of unbranched alkanes of at least 4 members (excludes halogenated alkanes) is 27. The molecular formula is C46H92N2O6P+. The highest BCUT2D eigenvalue weighted by atomic mass is 31.2. The lowest BCUT2D eigenvalue weighted by Crippen LogP contribution is -2.45. The van der Waals surface area contributed by atoms with Gasteiger partial charge in [-0.25, -0.2) is 4.57 Å². The molecule has 3 N–H and O–H groups in total. The van der Waals surface area contributed by atoms with Gasteiger partial charge in [-0.3, -0.25) is 13.8 Å². The number of rotatable bonds is 42. The molecule has 8 nitrogen and oxygen atoms in total. The zero-order valence-corrected chi connectivity index (χ0v) is 37.8. The number of allylic oxidation sites excluding steroid dienone is 3. The number of phosphoric acid groups is 1. The summed E-state index contributed by atoms with van der Waals surface area (Å²) >= 11 is 0. The molecule has 0 aromatic heterocycles. The second kappa shape index (κ2) is 38.5. The second-order valence-corrected chi connectivity index (χ2v) is 18.6. The Hall–Kier alpha value is -1.02. The molecule has 0 spiro atoms. The maximum Gasteiger partial charge on any atom is 0.472 e. The van der Waals surface area contributed by atoms with Crippen molar-refractivity contribution in [3.05, 3.63) is 24.3 Å². The number of quaternary nitrogens is 1. The van der Waals surface area contributed by atoms with E-state index in [4.69, 9.17) is 9.05 Å². The first-order valence-corrected chi connectivity index (χ1v) is 24.7. The maximum atomic E-state index is 12.3. The molecular weight excluding hydrogens is 707 g/mol. The van der Waals surface area contributed by atoms with E-state index in [2.05, 4.69) is 24.4 Å². The molecule has 1 amide bonds. The molecule has 3 unspecified atom stereocenters. The van der Waals surface area contributed by atoms with Crippen LogP contribution in [-0.4, -0.2) is 73.4 Å². The van der Waals surface area contributed by atoms with E-state index in [1.165, 1.54) is 167 Å². The minimum absolute atomic E-state index is 0.0554. The van der Waals surface area contributed by atoms with Crippen molar-refractivity contribution in [1.29, 1.82) is 0 Å². The number of aliphatic hydroxyl groups excluding tert-OH is 1. The molecule has 9 heteroatoms. The van der Waals surface area contributed by atoms with Gasteiger partial charge in [-0.15, -0.1) is 0 Å². The van der Waals surface area contributed by atoms with Crippen LogP contribution in [0.2, 0.25) is 0 Å². The number of carbonyl (C=O) groups is 1. The lowest BCUT2D eigenvalue weighted by Gasteiger charge is -2.25. The van der Waals surface area contributed by atoms with Gasteiger partial charge in [0, 0.05) is 6.42 Å². The molecule has 0 aromatic rings. The zero-order valence-electron chi connectivity index (χ0n) is 36.9. The van der Waals surface area contributed by atoms with Crippen molar-refractivity contribution in [3.8, 4) is 0 Å². The van der Waals surface area contributed by atoms with Crippen LogP contribution in [0, 0.1) is 0 Å². The molecule has 0 aliphatic rings. The fourth-order valence-corrected chi connectivity index (χ4v) is 7.49. The number of nitrogens with zero attached hydrogens (tertiary/aromatic N) is 1. The average Bonchev–Trinajstić information content (AvgIpc) is 3.13. The van der Waals surface area contributed by atoms with Crippen LogP contribution >= 0.6 is 7.82 Å². The van der Waals surface area contributed by atoms with E-state index in [1.54, 1.807) is 6.08 Å². The largest absolute Gasteiger partial charge is 0.472 e. The third-order valence-corrected chi connectivity index (χ3v) is 11.4. The predicted octanol–water partition coefficient (Wildman–Crippen LogP) is 12.9. The predicted molar refractivity (Wildman–Crippen MR) is 235 cm³/mol. The highest BCUT2D eigenvalue weighted by molar-refractivity contribution is 7.47. The molecule has 0 aromatic carbocycles. The minimum Gasteiger partial charge on any atom is -0.387 e. The van der Waals surface area contributed by atoms with Gasteiger partial charge in [0.1, 0.15) is 13.2 Å². The Morgan fingerprint density at radius 3 is 1.42 bits per heavy atom. The van der Waals surface area contributed by atoms with Gasteiger partial charge in [0.2, 0.25) is 5.91 Å². The van der Waals surface area contributed by atoms with Gasteiger partial charge >= 0.3 is 7.82 Å². The summed E-state index contributed by atoms with van der Waals surface area (Å²) in [6.45, 7) is 4.44. The molecule has 0 heterocycles. The molecule has 326 valence electrons. The fourth-order valence-electron chi connectivity index (χ4n) is 6.75. The Morgan fingerprint density at radius 2 is 1.00 bits per heavy atom. The number of aliphatic hydroxyl groups is 1. The molecule has 0 saturated heterocycles. The third-order valence-electron chi connectivity index (χ3n) is 10.4. The number of hydrogen-bond donors (Lipinski definition) is 3. The van der Waals surface area contributed by atoms with Gasteiger partial charge in [0.05, 0.1) is 39.9 Å². The number of hydrogen-bond acceptors (Lipinski definition) is 5. The SMILES string of the molecule is CCCCCCCCCCCCCCCCCCCCCCCCCCCC/C=C/CC/C=C/C(O)C(COP(=O)(O)OCC[N+](C)(C)C)NC(=O)CCC. The highest BCUT2D eigenvalue weighted by Crippen LogP contribution is 2.43. The first-order valence-electron chi connectivity index (χ1n) is 23.2. The van der Waals surface area contributed by atoms with Crippen LogP contribution < -0.4 is 5.32 Å². The number of nitrogens with one attached hydrogen (secondary N) is 1. The van der Waals surface area contributed by atoms with Crippen molar-refractivity contribution < 1.29 is 32.9 Å². The van der Waals surface area contributed by atoms with Crippen LogP contribution in [0.3, 0.4) is 0 Å². The van der Waals surface area contributed by atoms with E-state index < -0.39 is 20.0 Å². The summed E-state index contributed by atoms with van der Waals surface area (Å²) in [5.41, 5.74) is 0. The molecule has 0 saturated carbocycles. The number of likely N-dealkylation sites (N-methyl/N-ethyl adjacent to an activating group) is 1. The van der Waals surface area contributed by atoms with Crippen LogP contribution in [-0.2, 0) is 18.4 Å². The van der Waals surface area contributed by atoms with Gasteiger partial charge in [0.15, 0.2) is 0 Å². The summed E-state index contributed by atoms with van der Waals surface area (Å²) in [5.74, 6) is -0.240. The van der Waals surface area contributed by atoms with Crippen LogP contribution in [0.5, 0.6) is 0 Å². The van der Waals surface area contributed by atoms with E-state index in [0.717, 1.165) is 19.3 Å². The summed E-state index contributed by atoms with van der Waals surface area (Å²) in [6.07, 6.45) is 47.4. The number of amides is 1. The molecule has 0 aliphatic heterocycles. The van der Waals surface area contributed by atoms with Crippen LogP contribution in [0.15, 0.2) is 24.3 Å². The van der Waals surface area contributed by atoms with Crippen molar-refractivity contribution >= 4 is 13.7 Å². The maximum absolute atomic E-state index is 12.3. The van der Waals surface area contributed by atoms with Crippen molar-refractivity contribution in [3.63, 3.8) is 0 Å². The lowest BCUT2D eigenvalue weighted by molar-refractivity contribution is -0.870. The standard InChI is InChI=1S/C46H91N2O6P/c1-6-8-9-10-11-12-13-14-15-16-17-18-19-20-21-22-23-24-25-26-27-28-29-30-31-32-33-34-35-36-37-38-40-45(49)44(47-46(50)39-7-2)43-54-55(51,52)53-42-41-48(3,4)5/h34-35,38,40,44-45,49H,6-33,36-37,39,41-43H2,1-5H3,(H-,47,50,51,52)/p+1/b35-34+,40-38+. The Morgan fingerprint density at radius 1 is 0.600 bits per heavy atom. The Balaban J connectivity index is 3.74. The number of carbonyl (C=O) groups excluding carboxylic acids is 1. The lowest BCUT2D eigenvalue weighted by atomic mass is 10.0. The summed E-state index contributed by atoms with van der Waals surface area (Å²) in [4.78, 5) is 22.3. The van der Waals surface area contributed by atoms with Gasteiger partial charge in [-0.05, 0) is 32.1 Å². The molecule has 0 fully saturated rings. The Kier molecular flexibility index (Phi) is 37.8. The fraction of sp³-hybridized carbons (Fsp3) is 0.891. The zero-order chi connectivity index (χ0) is 40.7. The molecule has 0 rings (SSSR count). The van der Waals surface area contributed by atoms with Crippen molar-refractivity contribution in [2.24, 2.45) is 0 Å². The van der Waals surface area contributed by atoms with E-state index >= 15 is 0 Å². The molecule has 0 aliphatic carbocycles. The summed E-state index contributed by atoms with van der Waals surface area (Å²) in [7, 11) is 1.55. The van der Waals surface area contributed by atoms with E-state index in [9.17, 15) is 19.4 Å². The first-order chi connectivity index (χ1) is 26.5. The second-order valence-electron chi connectivity index (χ2n) is 17.1. The molecule has 3 atom stereocenters. The average molecular weight is 800 g/mol. The molecule has 55 heavy (non-hydrogen) atoms. The van der Waals surface area contributed by atoms with Crippen molar-refractivity contribution in [1.82, 2.24) is 5.32 Å². The van der Waals surface area contributed by atoms with Crippen LogP contribution in [0.1, 0.15) is 213 Å². The Bertz CT molecular complexity index is 953. The van der Waals surface area contributed by atoms with Gasteiger partial charge in [-0.2, -0.15) is 0 Å². The van der Waals surface area contributed by atoms with Crippen molar-refractivity contribution in [2.45, 2.75) is 225 Å². The highest BCUT2D eigenvalue weighted by Gasteiger charge is 2.27. The van der Waals surface area contributed by atoms with E-state index in [0.29, 0.717) is 23.9 Å². The minimum atomic E-state index is -4.31. The van der Waals surface area contributed by atoms with Crippen LogP contribution in [0.25, 0.3) is 0 Å². The monoisotopic (exact) mass is 800 g/mol. The van der Waals surface area contributed by atoms with Gasteiger partial charge in [-0.1, -0.05) is 199 Å². The normalized spacial score (nSPS) is 14.5. The third kappa shape index (κ3) is 41.0. The summed E-state index contributed by atoms with van der Waals surface area (Å²) in [5, 5.41) is 13.4. The van der Waals surface area contributed by atoms with E-state index in [1.807, 2.05) is 34.1 Å². The quantitative estimate of drug-likeness (QED) is 0.0246. The molecule has 0 bridgehead atoms. The van der Waals surface area contributed by atoms with Crippen molar-refractivity contribution in [2.75, 3.05) is 40.9 Å².